The largest absolute Gasteiger partial charge is 0.486 e. The molecule has 2 aromatic carbocycles. The number of aromatic nitrogens is 2. The van der Waals surface area contributed by atoms with Crippen LogP contribution in [-0.4, -0.2) is 41.2 Å². The van der Waals surface area contributed by atoms with Crippen LogP contribution >= 0.6 is 0 Å². The third kappa shape index (κ3) is 3.71. The van der Waals surface area contributed by atoms with Gasteiger partial charge in [0.2, 0.25) is 0 Å². The summed E-state index contributed by atoms with van der Waals surface area (Å²) in [4.78, 5) is 33.0. The minimum absolute atomic E-state index is 0.298. The van der Waals surface area contributed by atoms with Crippen molar-refractivity contribution in [2.75, 3.05) is 18.5 Å². The van der Waals surface area contributed by atoms with Gasteiger partial charge in [-0.3, -0.25) is 14.8 Å². The van der Waals surface area contributed by atoms with E-state index in [4.69, 9.17) is 14.2 Å². The van der Waals surface area contributed by atoms with Gasteiger partial charge in [-0.2, -0.15) is 0 Å². The van der Waals surface area contributed by atoms with Crippen molar-refractivity contribution in [3.8, 4) is 11.5 Å². The number of rotatable bonds is 4. The van der Waals surface area contributed by atoms with E-state index in [2.05, 4.69) is 15.3 Å². The fourth-order valence-electron chi connectivity index (χ4n) is 2.74. The molecule has 8 nitrogen and oxygen atoms in total. The van der Waals surface area contributed by atoms with E-state index in [0.29, 0.717) is 47.0 Å². The Labute approximate surface area is 160 Å². The SMILES string of the molecule is C[C@H](OC(=O)c1ccc2nccnc2c1)C(=O)Nc1ccc2c(c1)OCCO2. The Kier molecular flexibility index (Phi) is 4.76. The van der Waals surface area contributed by atoms with Gasteiger partial charge in [-0.25, -0.2) is 4.79 Å². The lowest BCUT2D eigenvalue weighted by molar-refractivity contribution is -0.123. The van der Waals surface area contributed by atoms with Crippen LogP contribution in [0, 0.1) is 0 Å². The number of fused-ring (bicyclic) bond motifs is 2. The quantitative estimate of drug-likeness (QED) is 0.696. The van der Waals surface area contributed by atoms with E-state index in [1.807, 2.05) is 0 Å². The number of amides is 1. The van der Waals surface area contributed by atoms with Crippen molar-refractivity contribution in [3.63, 3.8) is 0 Å². The fraction of sp³-hybridized carbons (Fsp3) is 0.200. The topological polar surface area (TPSA) is 99.6 Å². The summed E-state index contributed by atoms with van der Waals surface area (Å²) in [6.07, 6.45) is 2.13. The molecular formula is C20H17N3O5. The molecule has 28 heavy (non-hydrogen) atoms. The third-order valence-corrected chi connectivity index (χ3v) is 4.17. The lowest BCUT2D eigenvalue weighted by atomic mass is 10.2. The van der Waals surface area contributed by atoms with Gasteiger partial charge in [0.25, 0.3) is 5.91 Å². The van der Waals surface area contributed by atoms with Crippen molar-refractivity contribution in [1.29, 1.82) is 0 Å². The van der Waals surface area contributed by atoms with E-state index >= 15 is 0 Å². The third-order valence-electron chi connectivity index (χ3n) is 4.17. The number of ether oxygens (including phenoxy) is 3. The molecule has 0 saturated carbocycles. The molecule has 0 aliphatic carbocycles. The number of carbonyl (C=O) groups is 2. The van der Waals surface area contributed by atoms with Gasteiger partial charge in [0.05, 0.1) is 16.6 Å². The molecular weight excluding hydrogens is 362 g/mol. The van der Waals surface area contributed by atoms with E-state index < -0.39 is 18.0 Å². The summed E-state index contributed by atoms with van der Waals surface area (Å²) in [5.74, 6) is 0.122. The predicted octanol–water partition coefficient (Wildman–Crippen LogP) is 2.58. The first-order valence-corrected chi connectivity index (χ1v) is 8.72. The summed E-state index contributed by atoms with van der Waals surface area (Å²) >= 11 is 0. The molecule has 0 saturated heterocycles. The maximum atomic E-state index is 12.4. The highest BCUT2D eigenvalue weighted by Crippen LogP contribution is 2.32. The number of nitrogens with zero attached hydrogens (tertiary/aromatic N) is 2. The van der Waals surface area contributed by atoms with Gasteiger partial charge in [0, 0.05) is 24.1 Å². The molecule has 1 N–H and O–H groups in total. The minimum Gasteiger partial charge on any atom is -0.486 e. The number of benzene rings is 2. The Morgan fingerprint density at radius 1 is 1.00 bits per heavy atom. The first-order valence-electron chi connectivity index (χ1n) is 8.72. The highest BCUT2D eigenvalue weighted by Gasteiger charge is 2.20. The van der Waals surface area contributed by atoms with Crippen LogP contribution in [-0.2, 0) is 9.53 Å². The minimum atomic E-state index is -0.988. The summed E-state index contributed by atoms with van der Waals surface area (Å²) in [5, 5.41) is 2.70. The van der Waals surface area contributed by atoms with E-state index in [1.54, 1.807) is 48.8 Å². The number of anilines is 1. The average Bonchev–Trinajstić information content (AvgIpc) is 2.73. The fourth-order valence-corrected chi connectivity index (χ4v) is 2.74. The number of esters is 1. The molecule has 8 heteroatoms. The first kappa shape index (κ1) is 17.7. The summed E-state index contributed by atoms with van der Waals surface area (Å²) in [6, 6.07) is 9.93. The molecule has 0 unspecified atom stereocenters. The van der Waals surface area contributed by atoms with Crippen LogP contribution in [0.4, 0.5) is 5.69 Å². The molecule has 1 amide bonds. The van der Waals surface area contributed by atoms with Gasteiger partial charge in [-0.05, 0) is 37.3 Å². The first-order chi connectivity index (χ1) is 13.6. The molecule has 1 aliphatic heterocycles. The lowest BCUT2D eigenvalue weighted by Crippen LogP contribution is -2.30. The van der Waals surface area contributed by atoms with Crippen molar-refractivity contribution in [2.45, 2.75) is 13.0 Å². The van der Waals surface area contributed by atoms with Crippen molar-refractivity contribution >= 4 is 28.6 Å². The number of nitrogens with one attached hydrogen (secondary N) is 1. The Bertz CT molecular complexity index is 1050. The van der Waals surface area contributed by atoms with E-state index in [9.17, 15) is 9.59 Å². The second kappa shape index (κ2) is 7.51. The van der Waals surface area contributed by atoms with E-state index in [-0.39, 0.29) is 0 Å². The second-order valence-electron chi connectivity index (χ2n) is 6.16. The van der Waals surface area contributed by atoms with Crippen LogP contribution in [0.5, 0.6) is 11.5 Å². The van der Waals surface area contributed by atoms with Crippen molar-refractivity contribution in [1.82, 2.24) is 9.97 Å². The van der Waals surface area contributed by atoms with E-state index in [0.717, 1.165) is 0 Å². The second-order valence-corrected chi connectivity index (χ2v) is 6.16. The Hall–Kier alpha value is -3.68. The average molecular weight is 379 g/mol. The summed E-state index contributed by atoms with van der Waals surface area (Å²) in [5.41, 5.74) is 2.07. The zero-order valence-corrected chi connectivity index (χ0v) is 15.0. The summed E-state index contributed by atoms with van der Waals surface area (Å²) in [6.45, 7) is 2.45. The molecule has 2 heterocycles. The van der Waals surface area contributed by atoms with Gasteiger partial charge in [-0.15, -0.1) is 0 Å². The molecule has 1 aliphatic rings. The Morgan fingerprint density at radius 2 is 1.75 bits per heavy atom. The zero-order chi connectivity index (χ0) is 19.5. The molecule has 1 atom stereocenters. The lowest BCUT2D eigenvalue weighted by Gasteiger charge is -2.19. The van der Waals surface area contributed by atoms with Gasteiger partial charge < -0.3 is 19.5 Å². The van der Waals surface area contributed by atoms with Crippen molar-refractivity contribution < 1.29 is 23.8 Å². The van der Waals surface area contributed by atoms with Crippen molar-refractivity contribution in [2.24, 2.45) is 0 Å². The molecule has 0 fully saturated rings. The molecule has 0 bridgehead atoms. The molecule has 1 aromatic heterocycles. The molecule has 3 aromatic rings. The summed E-state index contributed by atoms with van der Waals surface area (Å²) in [7, 11) is 0. The zero-order valence-electron chi connectivity index (χ0n) is 15.0. The predicted molar refractivity (Wildman–Crippen MR) is 100 cm³/mol. The number of hydrogen-bond acceptors (Lipinski definition) is 7. The standard InChI is InChI=1S/C20H17N3O5/c1-12(19(24)23-14-3-5-17-18(11-14)27-9-8-26-17)28-20(25)13-2-4-15-16(10-13)22-7-6-21-15/h2-7,10-12H,8-9H2,1H3,(H,23,24)/t12-/m0/s1. The highest BCUT2D eigenvalue weighted by molar-refractivity contribution is 5.98. The van der Waals surface area contributed by atoms with Gasteiger partial charge in [-0.1, -0.05) is 0 Å². The van der Waals surface area contributed by atoms with Crippen LogP contribution in [0.2, 0.25) is 0 Å². The highest BCUT2D eigenvalue weighted by atomic mass is 16.6. The summed E-state index contributed by atoms with van der Waals surface area (Å²) < 4.78 is 16.2. The Balaban J connectivity index is 1.41. The van der Waals surface area contributed by atoms with Crippen LogP contribution in [0.15, 0.2) is 48.8 Å². The molecule has 0 radical (unpaired) electrons. The normalized spacial score (nSPS) is 13.6. The maximum absolute atomic E-state index is 12.4. The van der Waals surface area contributed by atoms with Gasteiger partial charge in [0.15, 0.2) is 17.6 Å². The molecule has 0 spiro atoms. The number of hydrogen-bond donors (Lipinski definition) is 1. The van der Waals surface area contributed by atoms with Gasteiger partial charge in [0.1, 0.15) is 13.2 Å². The van der Waals surface area contributed by atoms with Gasteiger partial charge >= 0.3 is 5.97 Å². The number of carbonyl (C=O) groups excluding carboxylic acids is 2. The maximum Gasteiger partial charge on any atom is 0.338 e. The van der Waals surface area contributed by atoms with Crippen LogP contribution in [0.1, 0.15) is 17.3 Å². The monoisotopic (exact) mass is 379 g/mol. The molecule has 4 rings (SSSR count). The van der Waals surface area contributed by atoms with Crippen LogP contribution in [0.3, 0.4) is 0 Å². The van der Waals surface area contributed by atoms with Crippen LogP contribution in [0.25, 0.3) is 11.0 Å². The smallest absolute Gasteiger partial charge is 0.338 e. The molecule has 142 valence electrons. The van der Waals surface area contributed by atoms with Crippen LogP contribution < -0.4 is 14.8 Å². The van der Waals surface area contributed by atoms with Crippen molar-refractivity contribution in [3.05, 3.63) is 54.4 Å². The van der Waals surface area contributed by atoms with E-state index in [1.165, 1.54) is 6.92 Å². The Morgan fingerprint density at radius 3 is 2.57 bits per heavy atom.